The third-order valence-corrected chi connectivity index (χ3v) is 5.88. The summed E-state index contributed by atoms with van der Waals surface area (Å²) in [6, 6.07) is 17.7. The van der Waals surface area contributed by atoms with Gasteiger partial charge in [0.1, 0.15) is 6.10 Å². The van der Waals surface area contributed by atoms with Crippen molar-refractivity contribution < 1.29 is 9.90 Å². The number of thiophene rings is 1. The van der Waals surface area contributed by atoms with E-state index < -0.39 is 6.10 Å². The number of aliphatic hydroxyl groups is 1. The number of aliphatic hydroxyl groups excluding tert-OH is 1. The number of fused-ring (bicyclic) bond motifs is 1. The number of benzene rings is 2. The van der Waals surface area contributed by atoms with Gasteiger partial charge in [-0.2, -0.15) is 0 Å². The molecule has 0 radical (unpaired) electrons. The average Bonchev–Trinajstić information content (AvgIpc) is 3.21. The predicted molar refractivity (Wildman–Crippen MR) is 140 cm³/mol. The minimum absolute atomic E-state index is 0. The van der Waals surface area contributed by atoms with Crippen molar-refractivity contribution in [1.29, 1.82) is 0 Å². The van der Waals surface area contributed by atoms with Crippen LogP contribution in [0.15, 0.2) is 59.6 Å². The molecule has 31 heavy (non-hydrogen) atoms. The summed E-state index contributed by atoms with van der Waals surface area (Å²) in [6.45, 7) is 3.69. The smallest absolute Gasteiger partial charge is 0.251 e. The van der Waals surface area contributed by atoms with E-state index in [1.54, 1.807) is 24.5 Å². The molecule has 166 valence electrons. The second kappa shape index (κ2) is 12.6. The number of nitrogens with zero attached hydrogens (tertiary/aromatic N) is 1. The maximum atomic E-state index is 11.8. The molecule has 8 heteroatoms. The summed E-state index contributed by atoms with van der Waals surface area (Å²) in [7, 11) is 1.63. The van der Waals surface area contributed by atoms with Crippen LogP contribution in [-0.2, 0) is 6.42 Å². The predicted octanol–water partition coefficient (Wildman–Crippen LogP) is 3.71. The van der Waals surface area contributed by atoms with Gasteiger partial charge in [-0.05, 0) is 48.6 Å². The summed E-state index contributed by atoms with van der Waals surface area (Å²) in [5, 5.41) is 20.8. The highest BCUT2D eigenvalue weighted by atomic mass is 127. The summed E-state index contributed by atoms with van der Waals surface area (Å²) >= 11 is 1.60. The topological polar surface area (TPSA) is 85.8 Å². The third-order valence-electron chi connectivity index (χ3n) is 4.66. The first-order chi connectivity index (χ1) is 14.6. The molecule has 0 saturated heterocycles. The van der Waals surface area contributed by atoms with Gasteiger partial charge in [-0.25, -0.2) is 0 Å². The highest BCUT2D eigenvalue weighted by Crippen LogP contribution is 2.29. The molecule has 1 aromatic heterocycles. The Kier molecular flexibility index (Phi) is 10.2. The molecule has 3 aromatic rings. The summed E-state index contributed by atoms with van der Waals surface area (Å²) in [5.74, 6) is 0.579. The average molecular weight is 552 g/mol. The zero-order valence-electron chi connectivity index (χ0n) is 17.7. The van der Waals surface area contributed by atoms with Crippen molar-refractivity contribution in [3.63, 3.8) is 0 Å². The quantitative estimate of drug-likeness (QED) is 0.195. The molecule has 0 aliphatic rings. The van der Waals surface area contributed by atoms with E-state index in [0.717, 1.165) is 28.8 Å². The minimum Gasteiger partial charge on any atom is -0.386 e. The molecule has 0 fully saturated rings. The summed E-state index contributed by atoms with van der Waals surface area (Å²) in [6.07, 6.45) is 0.121. The van der Waals surface area contributed by atoms with Crippen molar-refractivity contribution >= 4 is 57.3 Å². The zero-order valence-corrected chi connectivity index (χ0v) is 20.9. The number of halogens is 1. The molecule has 1 unspecified atom stereocenters. The van der Waals surface area contributed by atoms with Gasteiger partial charge in [0.05, 0.1) is 6.54 Å². The number of amides is 1. The highest BCUT2D eigenvalue weighted by molar-refractivity contribution is 14.0. The number of hydrogen-bond donors (Lipinski definition) is 4. The number of nitrogens with one attached hydrogen (secondary N) is 3. The van der Waals surface area contributed by atoms with Gasteiger partial charge in [-0.3, -0.25) is 9.79 Å². The second-order valence-electron chi connectivity index (χ2n) is 6.88. The molecule has 0 bridgehead atoms. The van der Waals surface area contributed by atoms with Crippen LogP contribution in [0.4, 0.5) is 0 Å². The van der Waals surface area contributed by atoms with Crippen molar-refractivity contribution in [2.45, 2.75) is 19.4 Å². The molecule has 0 saturated carbocycles. The maximum absolute atomic E-state index is 11.8. The second-order valence-corrected chi connectivity index (χ2v) is 7.99. The fourth-order valence-electron chi connectivity index (χ4n) is 3.11. The van der Waals surface area contributed by atoms with Gasteiger partial charge in [0.25, 0.3) is 5.91 Å². The molecule has 3 rings (SSSR count). The lowest BCUT2D eigenvalue weighted by atomic mass is 10.1. The lowest BCUT2D eigenvalue weighted by Gasteiger charge is -2.13. The van der Waals surface area contributed by atoms with Gasteiger partial charge in [0.2, 0.25) is 0 Å². The molecule has 1 heterocycles. The highest BCUT2D eigenvalue weighted by Gasteiger charge is 2.11. The van der Waals surface area contributed by atoms with E-state index in [0.29, 0.717) is 18.1 Å². The van der Waals surface area contributed by atoms with Gasteiger partial charge in [-0.15, -0.1) is 35.3 Å². The zero-order chi connectivity index (χ0) is 21.3. The Morgan fingerprint density at radius 2 is 1.94 bits per heavy atom. The fourth-order valence-corrected chi connectivity index (χ4v) is 4.16. The molecule has 6 nitrogen and oxygen atoms in total. The molecule has 1 amide bonds. The van der Waals surface area contributed by atoms with E-state index in [1.807, 2.05) is 43.3 Å². The maximum Gasteiger partial charge on any atom is 0.251 e. The van der Waals surface area contributed by atoms with Gasteiger partial charge in [-0.1, -0.05) is 30.3 Å². The lowest BCUT2D eigenvalue weighted by molar-refractivity contribution is 0.0963. The molecular weight excluding hydrogens is 523 g/mol. The van der Waals surface area contributed by atoms with Crippen LogP contribution in [-0.4, -0.2) is 43.7 Å². The van der Waals surface area contributed by atoms with Crippen LogP contribution in [0.2, 0.25) is 0 Å². The van der Waals surface area contributed by atoms with Crippen molar-refractivity contribution in [2.75, 3.05) is 26.7 Å². The molecule has 0 spiro atoms. The Hall–Kier alpha value is -2.17. The standard InChI is InChI=1S/C23H28N4O2S.HI/c1-3-25-23(26-12-11-16-7-6-9-18(13-16)22(29)24-2)27-15-19(28)21-14-17-8-4-5-10-20(17)30-21;/h4-10,13-14,19,28H,3,11-12,15H2,1-2H3,(H,24,29)(H2,25,26,27);1H. The first-order valence-electron chi connectivity index (χ1n) is 10.1. The van der Waals surface area contributed by atoms with E-state index in [4.69, 9.17) is 0 Å². The third kappa shape index (κ3) is 7.19. The Morgan fingerprint density at radius 1 is 1.13 bits per heavy atom. The molecule has 0 aliphatic heterocycles. The van der Waals surface area contributed by atoms with Gasteiger partial charge < -0.3 is 21.1 Å². The van der Waals surface area contributed by atoms with E-state index in [-0.39, 0.29) is 36.4 Å². The normalized spacial score (nSPS) is 12.2. The number of hydrogen-bond acceptors (Lipinski definition) is 4. The first kappa shape index (κ1) is 25.1. The molecule has 2 aromatic carbocycles. The van der Waals surface area contributed by atoms with Crippen molar-refractivity contribution in [2.24, 2.45) is 4.99 Å². The van der Waals surface area contributed by atoms with Crippen LogP contribution in [0.5, 0.6) is 0 Å². The van der Waals surface area contributed by atoms with Crippen LogP contribution in [0.25, 0.3) is 10.1 Å². The number of carbonyl (C=O) groups excluding carboxylic acids is 1. The summed E-state index contributed by atoms with van der Waals surface area (Å²) in [4.78, 5) is 17.2. The first-order valence-corrected chi connectivity index (χ1v) is 10.9. The largest absolute Gasteiger partial charge is 0.386 e. The van der Waals surface area contributed by atoms with E-state index in [9.17, 15) is 9.90 Å². The fraction of sp³-hybridized carbons (Fsp3) is 0.304. The van der Waals surface area contributed by atoms with Crippen LogP contribution in [0, 0.1) is 0 Å². The van der Waals surface area contributed by atoms with Gasteiger partial charge in [0.15, 0.2) is 5.96 Å². The Bertz CT molecular complexity index is 988. The van der Waals surface area contributed by atoms with Crippen molar-refractivity contribution in [3.05, 3.63) is 70.6 Å². The van der Waals surface area contributed by atoms with Crippen LogP contribution >= 0.6 is 35.3 Å². The number of guanidine groups is 1. The van der Waals surface area contributed by atoms with Crippen molar-refractivity contribution in [3.8, 4) is 0 Å². The number of aliphatic imine (C=N–C) groups is 1. The molecule has 0 aliphatic carbocycles. The van der Waals surface area contributed by atoms with E-state index >= 15 is 0 Å². The SMILES string of the molecule is CCNC(=NCC(O)c1cc2ccccc2s1)NCCc1cccc(C(=O)NC)c1.I. The van der Waals surface area contributed by atoms with E-state index in [2.05, 4.69) is 33.1 Å². The summed E-state index contributed by atoms with van der Waals surface area (Å²) in [5.41, 5.74) is 1.73. The Morgan fingerprint density at radius 3 is 2.68 bits per heavy atom. The lowest BCUT2D eigenvalue weighted by Crippen LogP contribution is -2.38. The number of carbonyl (C=O) groups is 1. The minimum atomic E-state index is -0.637. The summed E-state index contributed by atoms with van der Waals surface area (Å²) < 4.78 is 1.17. The van der Waals surface area contributed by atoms with Crippen LogP contribution in [0.1, 0.15) is 33.8 Å². The number of rotatable bonds is 8. The van der Waals surface area contributed by atoms with Crippen LogP contribution < -0.4 is 16.0 Å². The van der Waals surface area contributed by atoms with Crippen LogP contribution in [0.3, 0.4) is 0 Å². The Balaban J connectivity index is 0.00000341. The van der Waals surface area contributed by atoms with Gasteiger partial charge >= 0.3 is 0 Å². The molecule has 4 N–H and O–H groups in total. The van der Waals surface area contributed by atoms with Crippen molar-refractivity contribution in [1.82, 2.24) is 16.0 Å². The monoisotopic (exact) mass is 552 g/mol. The van der Waals surface area contributed by atoms with E-state index in [1.165, 1.54) is 4.70 Å². The Labute approximate surface area is 204 Å². The van der Waals surface area contributed by atoms with Gasteiger partial charge in [0, 0.05) is 35.3 Å². The molecular formula is C23H29IN4O2S. The molecule has 1 atom stereocenters.